The van der Waals surface area contributed by atoms with E-state index in [0.717, 1.165) is 21.3 Å². The van der Waals surface area contributed by atoms with Crippen LogP contribution in [0.1, 0.15) is 11.1 Å². The third kappa shape index (κ3) is 2.78. The number of benzene rings is 2. The first-order valence-corrected chi connectivity index (χ1v) is 7.47. The molecule has 0 aromatic heterocycles. The number of nitrogen functional groups attached to an aromatic ring is 1. The average molecular weight is 350 g/mol. The fraction of sp³-hybridized carbons (Fsp3) is 0.250. The van der Waals surface area contributed by atoms with Gasteiger partial charge in [-0.2, -0.15) is 0 Å². The molecule has 0 aliphatic carbocycles. The van der Waals surface area contributed by atoms with Gasteiger partial charge in [0.05, 0.1) is 5.69 Å². The van der Waals surface area contributed by atoms with Gasteiger partial charge in [0.25, 0.3) is 0 Å². The van der Waals surface area contributed by atoms with Gasteiger partial charge in [-0.3, -0.25) is 0 Å². The molecule has 0 fully saturated rings. The second kappa shape index (κ2) is 5.48. The fourth-order valence-electron chi connectivity index (χ4n) is 2.27. The van der Waals surface area contributed by atoms with E-state index < -0.39 is 0 Å². The van der Waals surface area contributed by atoms with E-state index in [2.05, 4.69) is 15.9 Å². The molecular weight excluding hydrogens is 334 g/mol. The third-order valence-corrected chi connectivity index (χ3v) is 4.56. The van der Waals surface area contributed by atoms with Crippen molar-refractivity contribution >= 4 is 21.6 Å². The van der Waals surface area contributed by atoms with Gasteiger partial charge in [0.1, 0.15) is 19.0 Å². The zero-order valence-corrected chi connectivity index (χ0v) is 13.5. The molecule has 4 nitrogen and oxygen atoms in total. The monoisotopic (exact) mass is 349 g/mol. The molecular formula is C16H16BrNO3. The van der Waals surface area contributed by atoms with E-state index >= 15 is 0 Å². The summed E-state index contributed by atoms with van der Waals surface area (Å²) < 4.78 is 18.1. The second-order valence-electron chi connectivity index (χ2n) is 5.01. The van der Waals surface area contributed by atoms with Gasteiger partial charge in [0, 0.05) is 16.6 Å². The number of ether oxygens (including phenoxy) is 3. The zero-order chi connectivity index (χ0) is 15.0. The molecule has 0 saturated carbocycles. The lowest BCUT2D eigenvalue weighted by atomic mass is 10.1. The molecule has 0 bridgehead atoms. The number of hydrogen-bond donors (Lipinski definition) is 1. The van der Waals surface area contributed by atoms with Gasteiger partial charge in [-0.15, -0.1) is 0 Å². The maximum absolute atomic E-state index is 6.03. The minimum absolute atomic E-state index is 0.525. The van der Waals surface area contributed by atoms with Crippen LogP contribution in [0.2, 0.25) is 0 Å². The summed E-state index contributed by atoms with van der Waals surface area (Å²) in [6, 6.07) is 7.44. The number of nitrogens with two attached hydrogens (primary N) is 1. The Hall–Kier alpha value is -1.88. The van der Waals surface area contributed by atoms with E-state index in [1.54, 1.807) is 12.1 Å². The van der Waals surface area contributed by atoms with Crippen LogP contribution in [0.5, 0.6) is 23.0 Å². The van der Waals surface area contributed by atoms with Gasteiger partial charge in [-0.1, -0.05) is 15.9 Å². The summed E-state index contributed by atoms with van der Waals surface area (Å²) in [4.78, 5) is 0. The Morgan fingerprint density at radius 1 is 1.00 bits per heavy atom. The van der Waals surface area contributed by atoms with Gasteiger partial charge in [0.2, 0.25) is 0 Å². The number of fused-ring (bicyclic) bond motifs is 1. The minimum Gasteiger partial charge on any atom is -0.486 e. The van der Waals surface area contributed by atoms with Crippen molar-refractivity contribution in [2.45, 2.75) is 13.8 Å². The van der Waals surface area contributed by atoms with E-state index in [1.807, 2.05) is 26.0 Å². The van der Waals surface area contributed by atoms with E-state index in [0.29, 0.717) is 36.1 Å². The quantitative estimate of drug-likeness (QED) is 0.825. The highest BCUT2D eigenvalue weighted by atomic mass is 79.9. The first-order chi connectivity index (χ1) is 10.0. The minimum atomic E-state index is 0.525. The van der Waals surface area contributed by atoms with Gasteiger partial charge < -0.3 is 19.9 Å². The lowest BCUT2D eigenvalue weighted by Gasteiger charge is -2.20. The molecule has 21 heavy (non-hydrogen) atoms. The topological polar surface area (TPSA) is 53.7 Å². The van der Waals surface area contributed by atoms with Gasteiger partial charge in [-0.05, 0) is 37.1 Å². The highest BCUT2D eigenvalue weighted by Gasteiger charge is 2.16. The summed E-state index contributed by atoms with van der Waals surface area (Å²) in [5.41, 5.74) is 8.78. The fourth-order valence-corrected chi connectivity index (χ4v) is 2.50. The molecule has 2 aromatic rings. The Bertz CT molecular complexity index is 677. The van der Waals surface area contributed by atoms with Crippen molar-refractivity contribution in [2.24, 2.45) is 0 Å². The highest BCUT2D eigenvalue weighted by molar-refractivity contribution is 9.10. The van der Waals surface area contributed by atoms with Gasteiger partial charge >= 0.3 is 0 Å². The van der Waals surface area contributed by atoms with Crippen LogP contribution in [0.3, 0.4) is 0 Å². The summed E-state index contributed by atoms with van der Waals surface area (Å²) in [6.07, 6.45) is 0. The van der Waals surface area contributed by atoms with Crippen molar-refractivity contribution in [3.63, 3.8) is 0 Å². The molecule has 110 valence electrons. The first-order valence-electron chi connectivity index (χ1n) is 6.68. The Morgan fingerprint density at radius 2 is 1.57 bits per heavy atom. The van der Waals surface area contributed by atoms with Crippen molar-refractivity contribution in [2.75, 3.05) is 18.9 Å². The van der Waals surface area contributed by atoms with Crippen LogP contribution in [0.4, 0.5) is 5.69 Å². The molecule has 2 N–H and O–H groups in total. The second-order valence-corrected chi connectivity index (χ2v) is 5.80. The normalized spacial score (nSPS) is 13.1. The van der Waals surface area contributed by atoms with E-state index in [9.17, 15) is 0 Å². The Kier molecular flexibility index (Phi) is 3.68. The summed E-state index contributed by atoms with van der Waals surface area (Å²) >= 11 is 3.55. The smallest absolute Gasteiger partial charge is 0.165 e. The molecule has 0 amide bonds. The largest absolute Gasteiger partial charge is 0.486 e. The van der Waals surface area contributed by atoms with Crippen LogP contribution in [-0.4, -0.2) is 13.2 Å². The maximum atomic E-state index is 6.03. The number of halogens is 1. The molecule has 0 radical (unpaired) electrons. The molecule has 1 aliphatic rings. The Balaban J connectivity index is 1.95. The third-order valence-electron chi connectivity index (χ3n) is 3.31. The van der Waals surface area contributed by atoms with Crippen LogP contribution in [0.25, 0.3) is 0 Å². The number of hydrogen-bond acceptors (Lipinski definition) is 4. The van der Waals surface area contributed by atoms with Crippen LogP contribution in [0, 0.1) is 13.8 Å². The van der Waals surface area contributed by atoms with Crippen LogP contribution in [-0.2, 0) is 0 Å². The standard InChI is InChI=1S/C16H16BrNO3/c1-9-5-11(6-10(2)16(9)17)21-13-8-15-14(7-12(13)18)19-3-4-20-15/h5-8H,3-4,18H2,1-2H3. The van der Waals surface area contributed by atoms with Crippen molar-refractivity contribution in [3.05, 3.63) is 39.9 Å². The van der Waals surface area contributed by atoms with Crippen molar-refractivity contribution < 1.29 is 14.2 Å². The molecule has 0 spiro atoms. The lowest BCUT2D eigenvalue weighted by molar-refractivity contribution is 0.171. The SMILES string of the molecule is Cc1cc(Oc2cc3c(cc2N)OCCO3)cc(C)c1Br. The van der Waals surface area contributed by atoms with Gasteiger partial charge in [-0.25, -0.2) is 0 Å². The van der Waals surface area contributed by atoms with E-state index in [4.69, 9.17) is 19.9 Å². The molecule has 1 aliphatic heterocycles. The number of aryl methyl sites for hydroxylation is 2. The molecule has 0 saturated heterocycles. The van der Waals surface area contributed by atoms with Crippen molar-refractivity contribution in [1.82, 2.24) is 0 Å². The molecule has 0 unspecified atom stereocenters. The summed E-state index contributed by atoms with van der Waals surface area (Å²) in [7, 11) is 0. The predicted molar refractivity (Wildman–Crippen MR) is 85.5 cm³/mol. The summed E-state index contributed by atoms with van der Waals surface area (Å²) in [5.74, 6) is 2.64. The number of rotatable bonds is 2. The predicted octanol–water partition coefficient (Wildman–Crippen LogP) is 4.21. The molecule has 2 aromatic carbocycles. The van der Waals surface area contributed by atoms with Crippen molar-refractivity contribution in [1.29, 1.82) is 0 Å². The first kappa shape index (κ1) is 14.1. The zero-order valence-electron chi connectivity index (χ0n) is 11.9. The number of anilines is 1. The van der Waals surface area contributed by atoms with Crippen molar-refractivity contribution in [3.8, 4) is 23.0 Å². The highest BCUT2D eigenvalue weighted by Crippen LogP contribution is 2.40. The Labute approximate surface area is 131 Å². The molecule has 0 atom stereocenters. The average Bonchev–Trinajstić information content (AvgIpc) is 2.45. The van der Waals surface area contributed by atoms with Crippen LogP contribution >= 0.6 is 15.9 Å². The maximum Gasteiger partial charge on any atom is 0.165 e. The molecule has 5 heteroatoms. The lowest BCUT2D eigenvalue weighted by Crippen LogP contribution is -2.15. The van der Waals surface area contributed by atoms with Crippen LogP contribution < -0.4 is 19.9 Å². The van der Waals surface area contributed by atoms with E-state index in [-0.39, 0.29) is 0 Å². The molecule has 1 heterocycles. The van der Waals surface area contributed by atoms with Crippen LogP contribution in [0.15, 0.2) is 28.7 Å². The summed E-state index contributed by atoms with van der Waals surface area (Å²) in [6.45, 7) is 5.12. The molecule has 3 rings (SSSR count). The Morgan fingerprint density at radius 3 is 2.19 bits per heavy atom. The van der Waals surface area contributed by atoms with Gasteiger partial charge in [0.15, 0.2) is 17.2 Å². The summed E-state index contributed by atoms with van der Waals surface area (Å²) in [5, 5.41) is 0. The van der Waals surface area contributed by atoms with E-state index in [1.165, 1.54) is 0 Å².